The molecule has 0 fully saturated rings. The average Bonchev–Trinajstić information content (AvgIpc) is 2.39. The SMILES string of the molecule is CCC(C)c1ccc(-c2ccccc2C)cc1. The van der Waals surface area contributed by atoms with Gasteiger partial charge in [-0.25, -0.2) is 0 Å². The first-order valence-corrected chi connectivity index (χ1v) is 6.38. The highest BCUT2D eigenvalue weighted by atomic mass is 14.1. The van der Waals surface area contributed by atoms with E-state index in [0.717, 1.165) is 0 Å². The van der Waals surface area contributed by atoms with Crippen LogP contribution in [0.1, 0.15) is 37.3 Å². The van der Waals surface area contributed by atoms with Gasteiger partial charge in [0, 0.05) is 0 Å². The zero-order valence-corrected chi connectivity index (χ0v) is 10.9. The fourth-order valence-corrected chi connectivity index (χ4v) is 2.12. The molecule has 17 heavy (non-hydrogen) atoms. The standard InChI is InChI=1S/C17H20/c1-4-13(2)15-9-11-16(12-10-15)17-8-6-5-7-14(17)3/h5-13H,4H2,1-3H3. The molecule has 88 valence electrons. The Kier molecular flexibility index (Phi) is 3.63. The number of aryl methyl sites for hydroxylation is 1. The Hall–Kier alpha value is -1.56. The molecule has 0 bridgehead atoms. The Morgan fingerprint density at radius 3 is 2.18 bits per heavy atom. The summed E-state index contributed by atoms with van der Waals surface area (Å²) in [7, 11) is 0. The van der Waals surface area contributed by atoms with Gasteiger partial charge in [0.15, 0.2) is 0 Å². The van der Waals surface area contributed by atoms with E-state index in [2.05, 4.69) is 69.3 Å². The maximum Gasteiger partial charge on any atom is -0.0155 e. The van der Waals surface area contributed by atoms with Crippen LogP contribution in [-0.4, -0.2) is 0 Å². The molecule has 0 radical (unpaired) electrons. The summed E-state index contributed by atoms with van der Waals surface area (Å²) in [6, 6.07) is 17.5. The first-order valence-electron chi connectivity index (χ1n) is 6.38. The van der Waals surface area contributed by atoms with Crippen molar-refractivity contribution in [2.45, 2.75) is 33.1 Å². The minimum atomic E-state index is 0.654. The third kappa shape index (κ3) is 2.58. The summed E-state index contributed by atoms with van der Waals surface area (Å²) in [5.41, 5.74) is 5.42. The van der Waals surface area contributed by atoms with E-state index in [1.807, 2.05) is 0 Å². The topological polar surface area (TPSA) is 0 Å². The lowest BCUT2D eigenvalue weighted by atomic mass is 9.94. The fraction of sp³-hybridized carbons (Fsp3) is 0.294. The third-order valence-corrected chi connectivity index (χ3v) is 3.55. The third-order valence-electron chi connectivity index (χ3n) is 3.55. The molecular formula is C17H20. The van der Waals surface area contributed by atoms with Crippen molar-refractivity contribution in [2.24, 2.45) is 0 Å². The summed E-state index contributed by atoms with van der Waals surface area (Å²) < 4.78 is 0. The highest BCUT2D eigenvalue weighted by molar-refractivity contribution is 5.67. The highest BCUT2D eigenvalue weighted by Crippen LogP contribution is 2.26. The van der Waals surface area contributed by atoms with Crippen molar-refractivity contribution in [3.63, 3.8) is 0 Å². The van der Waals surface area contributed by atoms with Gasteiger partial charge in [-0.05, 0) is 41.5 Å². The van der Waals surface area contributed by atoms with E-state index in [1.54, 1.807) is 0 Å². The largest absolute Gasteiger partial charge is 0.0648 e. The lowest BCUT2D eigenvalue weighted by molar-refractivity contribution is 0.734. The normalized spacial score (nSPS) is 12.4. The monoisotopic (exact) mass is 224 g/mol. The maximum atomic E-state index is 2.28. The molecule has 0 aliphatic heterocycles. The summed E-state index contributed by atoms with van der Waals surface area (Å²) in [5.74, 6) is 0.654. The van der Waals surface area contributed by atoms with Crippen LogP contribution in [0.5, 0.6) is 0 Å². The number of rotatable bonds is 3. The summed E-state index contributed by atoms with van der Waals surface area (Å²) >= 11 is 0. The van der Waals surface area contributed by atoms with E-state index in [4.69, 9.17) is 0 Å². The first kappa shape index (κ1) is 11.9. The van der Waals surface area contributed by atoms with Crippen molar-refractivity contribution in [1.82, 2.24) is 0 Å². The molecule has 0 heterocycles. The lowest BCUT2D eigenvalue weighted by Crippen LogP contribution is -1.91. The molecule has 2 aromatic rings. The van der Waals surface area contributed by atoms with Crippen molar-refractivity contribution >= 4 is 0 Å². The van der Waals surface area contributed by atoms with Crippen LogP contribution in [0.3, 0.4) is 0 Å². The van der Waals surface area contributed by atoms with E-state index in [9.17, 15) is 0 Å². The van der Waals surface area contributed by atoms with Gasteiger partial charge in [-0.3, -0.25) is 0 Å². The van der Waals surface area contributed by atoms with Gasteiger partial charge < -0.3 is 0 Å². The van der Waals surface area contributed by atoms with Gasteiger partial charge >= 0.3 is 0 Å². The Morgan fingerprint density at radius 1 is 0.941 bits per heavy atom. The molecule has 2 aromatic carbocycles. The van der Waals surface area contributed by atoms with E-state index in [0.29, 0.717) is 5.92 Å². The quantitative estimate of drug-likeness (QED) is 0.674. The first-order chi connectivity index (χ1) is 8.22. The van der Waals surface area contributed by atoms with E-state index in [-0.39, 0.29) is 0 Å². The Labute approximate surface area is 104 Å². The van der Waals surface area contributed by atoms with E-state index in [1.165, 1.54) is 28.7 Å². The molecule has 0 saturated heterocycles. The molecule has 1 unspecified atom stereocenters. The molecule has 0 spiro atoms. The molecule has 0 aliphatic carbocycles. The molecule has 0 N–H and O–H groups in total. The Bertz CT molecular complexity index is 480. The van der Waals surface area contributed by atoms with Crippen LogP contribution in [0.15, 0.2) is 48.5 Å². The lowest BCUT2D eigenvalue weighted by Gasteiger charge is -2.11. The van der Waals surface area contributed by atoms with Crippen LogP contribution in [0.4, 0.5) is 0 Å². The minimum absolute atomic E-state index is 0.654. The van der Waals surface area contributed by atoms with Crippen LogP contribution < -0.4 is 0 Å². The van der Waals surface area contributed by atoms with Gasteiger partial charge in [0.2, 0.25) is 0 Å². The molecule has 0 saturated carbocycles. The van der Waals surface area contributed by atoms with Gasteiger partial charge in [-0.1, -0.05) is 62.4 Å². The zero-order valence-electron chi connectivity index (χ0n) is 10.9. The Morgan fingerprint density at radius 2 is 1.59 bits per heavy atom. The van der Waals surface area contributed by atoms with Crippen LogP contribution in [0, 0.1) is 6.92 Å². The van der Waals surface area contributed by atoms with Crippen molar-refractivity contribution in [2.75, 3.05) is 0 Å². The number of benzene rings is 2. The zero-order chi connectivity index (χ0) is 12.3. The maximum absolute atomic E-state index is 2.28. The summed E-state index contributed by atoms with van der Waals surface area (Å²) in [4.78, 5) is 0. The predicted molar refractivity (Wildman–Crippen MR) is 75.3 cm³/mol. The van der Waals surface area contributed by atoms with Gasteiger partial charge in [0.25, 0.3) is 0 Å². The second-order valence-corrected chi connectivity index (χ2v) is 4.75. The molecule has 0 nitrogen and oxygen atoms in total. The molecule has 0 heteroatoms. The van der Waals surface area contributed by atoms with Crippen molar-refractivity contribution < 1.29 is 0 Å². The molecule has 1 atom stereocenters. The highest BCUT2D eigenvalue weighted by Gasteiger charge is 2.04. The van der Waals surface area contributed by atoms with Crippen LogP contribution in [0.25, 0.3) is 11.1 Å². The summed E-state index contributed by atoms with van der Waals surface area (Å²) in [6.07, 6.45) is 1.20. The van der Waals surface area contributed by atoms with Gasteiger partial charge in [0.1, 0.15) is 0 Å². The number of hydrogen-bond donors (Lipinski definition) is 0. The van der Waals surface area contributed by atoms with E-state index >= 15 is 0 Å². The van der Waals surface area contributed by atoms with Gasteiger partial charge in [-0.15, -0.1) is 0 Å². The van der Waals surface area contributed by atoms with Crippen molar-refractivity contribution in [1.29, 1.82) is 0 Å². The minimum Gasteiger partial charge on any atom is -0.0648 e. The van der Waals surface area contributed by atoms with Crippen LogP contribution in [0.2, 0.25) is 0 Å². The molecule has 0 aliphatic rings. The number of hydrogen-bond acceptors (Lipinski definition) is 0. The smallest absolute Gasteiger partial charge is 0.0155 e. The molecular weight excluding hydrogens is 204 g/mol. The molecule has 0 amide bonds. The second-order valence-electron chi connectivity index (χ2n) is 4.75. The van der Waals surface area contributed by atoms with Crippen LogP contribution in [-0.2, 0) is 0 Å². The second kappa shape index (κ2) is 5.18. The fourth-order valence-electron chi connectivity index (χ4n) is 2.12. The van der Waals surface area contributed by atoms with Gasteiger partial charge in [-0.2, -0.15) is 0 Å². The van der Waals surface area contributed by atoms with Gasteiger partial charge in [0.05, 0.1) is 0 Å². The summed E-state index contributed by atoms with van der Waals surface area (Å²) in [5, 5.41) is 0. The summed E-state index contributed by atoms with van der Waals surface area (Å²) in [6.45, 7) is 6.68. The average molecular weight is 224 g/mol. The predicted octanol–water partition coefficient (Wildman–Crippen LogP) is 5.18. The van der Waals surface area contributed by atoms with Crippen LogP contribution >= 0.6 is 0 Å². The Balaban J connectivity index is 2.33. The van der Waals surface area contributed by atoms with Crippen molar-refractivity contribution in [3.05, 3.63) is 59.7 Å². The molecule has 2 rings (SSSR count). The molecule has 0 aromatic heterocycles. The van der Waals surface area contributed by atoms with E-state index < -0.39 is 0 Å². The van der Waals surface area contributed by atoms with Crippen molar-refractivity contribution in [3.8, 4) is 11.1 Å².